The summed E-state index contributed by atoms with van der Waals surface area (Å²) < 4.78 is 37.1. The first-order valence-electron chi connectivity index (χ1n) is 11.6. The Hall–Kier alpha value is -2.68. The van der Waals surface area contributed by atoms with Crippen LogP contribution in [0.1, 0.15) is 66.4 Å². The van der Waals surface area contributed by atoms with Crippen LogP contribution in [0.5, 0.6) is 0 Å². The highest BCUT2D eigenvalue weighted by Gasteiger charge is 2.71. The maximum absolute atomic E-state index is 13.9. The zero-order valence-electron chi connectivity index (χ0n) is 19.0. The molecule has 3 fully saturated rings. The molecule has 3 aliphatic rings. The fraction of sp³-hybridized carbons (Fsp3) is 0.583. The predicted molar refractivity (Wildman–Crippen MR) is 117 cm³/mol. The van der Waals surface area contributed by atoms with E-state index in [1.807, 2.05) is 25.5 Å². The van der Waals surface area contributed by atoms with Gasteiger partial charge in [0.1, 0.15) is 5.82 Å². The standard InChI is InChI=1S/C24H27F2N5O2/c1-12-28-22-16(23(32)31(12)3)9-19(29-21(22)14-6-17-18(7-14)24(17,25)26)13-4-5-33-20(8-13)15-10-27-30(2)11-15/h9-11,13-14,17-18,20H,4-8H2,1-3H3. The summed E-state index contributed by atoms with van der Waals surface area (Å²) in [5.41, 5.74) is 3.03. The number of hydrogen-bond acceptors (Lipinski definition) is 5. The van der Waals surface area contributed by atoms with Crippen LogP contribution in [-0.4, -0.2) is 36.8 Å². The Morgan fingerprint density at radius 1 is 1.12 bits per heavy atom. The number of aromatic nitrogens is 5. The highest BCUT2D eigenvalue weighted by atomic mass is 19.3. The average molecular weight is 456 g/mol. The van der Waals surface area contributed by atoms with Crippen LogP contribution >= 0.6 is 0 Å². The van der Waals surface area contributed by atoms with Crippen molar-refractivity contribution in [2.24, 2.45) is 25.9 Å². The number of aryl methyl sites for hydroxylation is 2. The number of halogens is 2. The van der Waals surface area contributed by atoms with Gasteiger partial charge in [0.25, 0.3) is 11.5 Å². The molecule has 0 spiro atoms. The lowest BCUT2D eigenvalue weighted by Crippen LogP contribution is -2.24. The number of fused-ring (bicyclic) bond motifs is 2. The van der Waals surface area contributed by atoms with Gasteiger partial charge in [-0.15, -0.1) is 0 Å². The Labute approximate surface area is 189 Å². The van der Waals surface area contributed by atoms with Gasteiger partial charge in [0.05, 0.1) is 28.9 Å². The van der Waals surface area contributed by atoms with Crippen molar-refractivity contribution < 1.29 is 13.5 Å². The van der Waals surface area contributed by atoms with Crippen molar-refractivity contribution in [2.75, 3.05) is 6.61 Å². The minimum absolute atomic E-state index is 0.0878. The van der Waals surface area contributed by atoms with Crippen LogP contribution in [0, 0.1) is 18.8 Å². The second-order valence-corrected chi connectivity index (χ2v) is 9.94. The molecule has 2 saturated carbocycles. The van der Waals surface area contributed by atoms with E-state index < -0.39 is 17.8 Å². The molecule has 0 bridgehead atoms. The summed E-state index contributed by atoms with van der Waals surface area (Å²) in [7, 11) is 3.59. The largest absolute Gasteiger partial charge is 0.373 e. The second-order valence-electron chi connectivity index (χ2n) is 9.94. The van der Waals surface area contributed by atoms with Crippen LogP contribution in [0.15, 0.2) is 23.3 Å². The Balaban J connectivity index is 1.41. The maximum atomic E-state index is 13.9. The molecule has 4 heterocycles. The highest BCUT2D eigenvalue weighted by Crippen LogP contribution is 2.67. The normalized spacial score (nSPS) is 30.5. The van der Waals surface area contributed by atoms with Crippen LogP contribution in [0.25, 0.3) is 10.9 Å². The molecule has 1 saturated heterocycles. The molecule has 2 aliphatic carbocycles. The topological polar surface area (TPSA) is 74.8 Å². The first-order valence-corrected chi connectivity index (χ1v) is 11.6. The third-order valence-electron chi connectivity index (χ3n) is 7.96. The van der Waals surface area contributed by atoms with Crippen molar-refractivity contribution in [3.63, 3.8) is 0 Å². The van der Waals surface area contributed by atoms with Gasteiger partial charge in [0.2, 0.25) is 0 Å². The molecule has 33 heavy (non-hydrogen) atoms. The molecule has 0 radical (unpaired) electrons. The Morgan fingerprint density at radius 2 is 1.88 bits per heavy atom. The molecule has 3 aromatic rings. The van der Waals surface area contributed by atoms with E-state index in [-0.39, 0.29) is 23.5 Å². The van der Waals surface area contributed by atoms with Crippen molar-refractivity contribution in [3.8, 4) is 0 Å². The number of ether oxygens (including phenoxy) is 1. The molecule has 174 valence electrons. The summed E-state index contributed by atoms with van der Waals surface area (Å²) in [5, 5.41) is 4.78. The monoisotopic (exact) mass is 455 g/mol. The number of hydrogen-bond donors (Lipinski definition) is 0. The predicted octanol–water partition coefficient (Wildman–Crippen LogP) is 3.76. The maximum Gasteiger partial charge on any atom is 0.261 e. The quantitative estimate of drug-likeness (QED) is 0.601. The molecule has 7 nitrogen and oxygen atoms in total. The first-order chi connectivity index (χ1) is 15.7. The van der Waals surface area contributed by atoms with Crippen molar-refractivity contribution in [3.05, 3.63) is 51.6 Å². The minimum Gasteiger partial charge on any atom is -0.373 e. The summed E-state index contributed by atoms with van der Waals surface area (Å²) in [4.78, 5) is 22.9. The molecule has 0 aromatic carbocycles. The summed E-state index contributed by atoms with van der Waals surface area (Å²) in [5.74, 6) is -3.05. The lowest BCUT2D eigenvalue weighted by Gasteiger charge is -2.29. The lowest BCUT2D eigenvalue weighted by molar-refractivity contribution is 0.00458. The third kappa shape index (κ3) is 3.23. The molecule has 3 aromatic heterocycles. The number of nitrogens with zero attached hydrogens (tertiary/aromatic N) is 5. The van der Waals surface area contributed by atoms with Gasteiger partial charge in [-0.05, 0) is 38.7 Å². The second kappa shape index (κ2) is 7.16. The van der Waals surface area contributed by atoms with Gasteiger partial charge in [-0.25, -0.2) is 13.8 Å². The van der Waals surface area contributed by atoms with Crippen molar-refractivity contribution in [1.82, 2.24) is 24.3 Å². The molecular weight excluding hydrogens is 428 g/mol. The summed E-state index contributed by atoms with van der Waals surface area (Å²) in [6, 6.07) is 1.87. The molecule has 9 heteroatoms. The fourth-order valence-corrected chi connectivity index (χ4v) is 5.86. The Morgan fingerprint density at radius 3 is 2.58 bits per heavy atom. The zero-order chi connectivity index (χ0) is 23.1. The van der Waals surface area contributed by atoms with Crippen molar-refractivity contribution in [1.29, 1.82) is 0 Å². The third-order valence-corrected chi connectivity index (χ3v) is 7.96. The Kier molecular flexibility index (Phi) is 4.53. The molecule has 1 aliphatic heterocycles. The van der Waals surface area contributed by atoms with E-state index in [1.54, 1.807) is 23.2 Å². The zero-order valence-corrected chi connectivity index (χ0v) is 19.0. The molecule has 6 rings (SSSR count). The fourth-order valence-electron chi connectivity index (χ4n) is 5.86. The van der Waals surface area contributed by atoms with Crippen LogP contribution in [-0.2, 0) is 18.8 Å². The van der Waals surface area contributed by atoms with Crippen molar-refractivity contribution >= 4 is 10.9 Å². The van der Waals surface area contributed by atoms with Gasteiger partial charge in [0, 0.05) is 61.8 Å². The summed E-state index contributed by atoms with van der Waals surface area (Å²) in [6.07, 6.45) is 6.03. The number of alkyl halides is 2. The molecular formula is C24H27F2N5O2. The van der Waals surface area contributed by atoms with Gasteiger partial charge in [-0.2, -0.15) is 5.10 Å². The summed E-state index contributed by atoms with van der Waals surface area (Å²) in [6.45, 7) is 2.37. The molecule has 0 amide bonds. The molecule has 0 N–H and O–H groups in total. The lowest BCUT2D eigenvalue weighted by atomic mass is 9.88. The Bertz CT molecular complexity index is 1300. The molecule has 4 atom stereocenters. The minimum atomic E-state index is -2.54. The van der Waals surface area contributed by atoms with E-state index in [2.05, 4.69) is 10.1 Å². The number of rotatable bonds is 3. The van der Waals surface area contributed by atoms with E-state index in [0.29, 0.717) is 36.2 Å². The van der Waals surface area contributed by atoms with Crippen LogP contribution in [0.3, 0.4) is 0 Å². The van der Waals surface area contributed by atoms with E-state index in [0.717, 1.165) is 29.8 Å². The summed E-state index contributed by atoms with van der Waals surface area (Å²) >= 11 is 0. The van der Waals surface area contributed by atoms with Crippen LogP contribution < -0.4 is 5.56 Å². The van der Waals surface area contributed by atoms with Gasteiger partial charge < -0.3 is 4.74 Å². The van der Waals surface area contributed by atoms with E-state index in [4.69, 9.17) is 9.72 Å². The van der Waals surface area contributed by atoms with Gasteiger partial charge in [-0.3, -0.25) is 19.0 Å². The molecule has 4 unspecified atom stereocenters. The van der Waals surface area contributed by atoms with E-state index in [9.17, 15) is 13.6 Å². The number of pyridine rings is 1. The first kappa shape index (κ1) is 20.9. The SMILES string of the molecule is Cc1nc2c(C3CC4C(C3)C4(F)F)nc(C3CCOC(c4cnn(C)c4)C3)cc2c(=O)n1C. The average Bonchev–Trinajstić information content (AvgIpc) is 3.23. The smallest absolute Gasteiger partial charge is 0.261 e. The van der Waals surface area contributed by atoms with E-state index in [1.165, 1.54) is 0 Å². The van der Waals surface area contributed by atoms with Gasteiger partial charge in [-0.1, -0.05) is 0 Å². The van der Waals surface area contributed by atoms with Gasteiger partial charge >= 0.3 is 0 Å². The van der Waals surface area contributed by atoms with Crippen LogP contribution in [0.4, 0.5) is 8.78 Å². The van der Waals surface area contributed by atoms with E-state index >= 15 is 0 Å². The van der Waals surface area contributed by atoms with Gasteiger partial charge in [0.15, 0.2) is 0 Å². The highest BCUT2D eigenvalue weighted by molar-refractivity contribution is 5.81. The van der Waals surface area contributed by atoms with Crippen molar-refractivity contribution in [2.45, 2.75) is 56.5 Å². The van der Waals surface area contributed by atoms with Crippen LogP contribution in [0.2, 0.25) is 0 Å².